The van der Waals surface area contributed by atoms with E-state index in [0.29, 0.717) is 12.5 Å². The van der Waals surface area contributed by atoms with Crippen molar-refractivity contribution in [2.24, 2.45) is 29.4 Å². The minimum atomic E-state index is 0.582. The van der Waals surface area contributed by atoms with Gasteiger partial charge in [0.2, 0.25) is 0 Å². The molecule has 18 heavy (non-hydrogen) atoms. The topological polar surface area (TPSA) is 51.8 Å². The highest BCUT2D eigenvalue weighted by atomic mass is 14.8. The van der Waals surface area contributed by atoms with Crippen LogP contribution in [-0.4, -0.2) is 9.97 Å². The van der Waals surface area contributed by atoms with E-state index in [9.17, 15) is 0 Å². The van der Waals surface area contributed by atoms with Gasteiger partial charge in [-0.25, -0.2) is 9.97 Å². The van der Waals surface area contributed by atoms with Crippen LogP contribution in [-0.2, 0) is 6.54 Å². The zero-order valence-corrected chi connectivity index (χ0v) is 10.8. The number of rotatable bonds is 2. The van der Waals surface area contributed by atoms with Crippen molar-refractivity contribution in [3.63, 3.8) is 0 Å². The maximum absolute atomic E-state index is 5.86. The van der Waals surface area contributed by atoms with Crippen molar-refractivity contribution in [2.75, 3.05) is 0 Å². The van der Waals surface area contributed by atoms with Crippen molar-refractivity contribution >= 4 is 0 Å². The average molecular weight is 243 g/mol. The summed E-state index contributed by atoms with van der Waals surface area (Å²) in [6, 6.07) is 0. The van der Waals surface area contributed by atoms with Crippen LogP contribution in [0.5, 0.6) is 0 Å². The maximum Gasteiger partial charge on any atom is 0.115 e. The van der Waals surface area contributed by atoms with Gasteiger partial charge < -0.3 is 5.73 Å². The van der Waals surface area contributed by atoms with E-state index in [2.05, 4.69) is 9.97 Å². The highest BCUT2D eigenvalue weighted by Gasteiger charge is 2.49. The van der Waals surface area contributed by atoms with Crippen molar-refractivity contribution in [2.45, 2.75) is 44.6 Å². The molecule has 4 bridgehead atoms. The molecule has 4 aliphatic carbocycles. The van der Waals surface area contributed by atoms with Gasteiger partial charge in [-0.15, -0.1) is 0 Å². The largest absolute Gasteiger partial charge is 0.326 e. The lowest BCUT2D eigenvalue weighted by atomic mass is 9.51. The molecule has 96 valence electrons. The van der Waals surface area contributed by atoms with Crippen LogP contribution in [0.1, 0.15) is 49.3 Å². The van der Waals surface area contributed by atoms with Crippen LogP contribution in [0.15, 0.2) is 12.5 Å². The minimum absolute atomic E-state index is 0.582. The Balaban J connectivity index is 1.72. The van der Waals surface area contributed by atoms with Crippen molar-refractivity contribution in [3.8, 4) is 0 Å². The van der Waals surface area contributed by atoms with Crippen molar-refractivity contribution < 1.29 is 0 Å². The molecule has 3 nitrogen and oxygen atoms in total. The fraction of sp³-hybridized carbons (Fsp3) is 0.733. The summed E-state index contributed by atoms with van der Waals surface area (Å²) in [5, 5.41) is 0. The first-order chi connectivity index (χ1) is 8.85. The standard InChI is InChI=1S/C15H21N3/c16-6-13-7-17-8-18-15(13)14-11-2-9-1-10(4-11)5-12(14)3-9/h7-12,14H,1-6,16H2. The van der Waals surface area contributed by atoms with Crippen LogP contribution in [0.3, 0.4) is 0 Å². The Kier molecular flexibility index (Phi) is 2.44. The monoisotopic (exact) mass is 243 g/mol. The third kappa shape index (κ3) is 1.53. The third-order valence-electron chi connectivity index (χ3n) is 5.59. The van der Waals surface area contributed by atoms with E-state index < -0.39 is 0 Å². The lowest BCUT2D eigenvalue weighted by Gasteiger charge is -2.54. The maximum atomic E-state index is 5.86. The molecule has 0 atom stereocenters. The van der Waals surface area contributed by atoms with E-state index in [1.807, 2.05) is 6.20 Å². The Hall–Kier alpha value is -0.960. The molecule has 0 unspecified atom stereocenters. The molecule has 0 radical (unpaired) electrons. The fourth-order valence-electron chi connectivity index (χ4n) is 5.20. The normalized spacial score (nSPS) is 41.3. The second-order valence-electron chi connectivity index (χ2n) is 6.59. The highest BCUT2D eigenvalue weighted by Crippen LogP contribution is 2.59. The van der Waals surface area contributed by atoms with E-state index >= 15 is 0 Å². The highest BCUT2D eigenvalue weighted by molar-refractivity contribution is 5.24. The molecule has 1 aromatic heterocycles. The van der Waals surface area contributed by atoms with E-state index in [-0.39, 0.29) is 0 Å². The molecule has 1 aromatic rings. The van der Waals surface area contributed by atoms with Crippen LogP contribution in [0, 0.1) is 23.7 Å². The van der Waals surface area contributed by atoms with Gasteiger partial charge in [0.05, 0.1) is 5.69 Å². The van der Waals surface area contributed by atoms with Crippen LogP contribution >= 0.6 is 0 Å². The Morgan fingerprint density at radius 1 is 1.06 bits per heavy atom. The molecular formula is C15H21N3. The lowest BCUT2D eigenvalue weighted by Crippen LogP contribution is -2.44. The van der Waals surface area contributed by atoms with Gasteiger partial charge in [-0.1, -0.05) is 0 Å². The fourth-order valence-corrected chi connectivity index (χ4v) is 5.20. The predicted octanol–water partition coefficient (Wildman–Crippen LogP) is 2.48. The SMILES string of the molecule is NCc1cncnc1C1C2CC3CC(C2)CC1C3. The van der Waals surface area contributed by atoms with Crippen molar-refractivity contribution in [1.29, 1.82) is 0 Å². The number of hydrogen-bond donors (Lipinski definition) is 1. The Morgan fingerprint density at radius 2 is 1.72 bits per heavy atom. The summed E-state index contributed by atoms with van der Waals surface area (Å²) in [6.07, 6.45) is 10.9. The molecule has 5 rings (SSSR count). The molecule has 1 heterocycles. The van der Waals surface area contributed by atoms with Gasteiger partial charge >= 0.3 is 0 Å². The summed E-state index contributed by atoms with van der Waals surface area (Å²) in [4.78, 5) is 8.74. The van der Waals surface area contributed by atoms with E-state index in [4.69, 9.17) is 5.73 Å². The average Bonchev–Trinajstić information content (AvgIpc) is 2.38. The van der Waals surface area contributed by atoms with Crippen LogP contribution in [0.25, 0.3) is 0 Å². The van der Waals surface area contributed by atoms with Gasteiger partial charge in [0.15, 0.2) is 0 Å². The molecule has 3 heteroatoms. The summed E-state index contributed by atoms with van der Waals surface area (Å²) in [5.74, 6) is 4.47. The minimum Gasteiger partial charge on any atom is -0.326 e. The summed E-state index contributed by atoms with van der Waals surface area (Å²) in [7, 11) is 0. The number of hydrogen-bond acceptors (Lipinski definition) is 3. The van der Waals surface area contributed by atoms with Crippen molar-refractivity contribution in [3.05, 3.63) is 23.8 Å². The van der Waals surface area contributed by atoms with Gasteiger partial charge in [0.1, 0.15) is 6.33 Å². The van der Waals surface area contributed by atoms with E-state index in [0.717, 1.165) is 23.7 Å². The Morgan fingerprint density at radius 3 is 2.33 bits per heavy atom. The summed E-state index contributed by atoms with van der Waals surface area (Å²) in [5.41, 5.74) is 8.32. The van der Waals surface area contributed by atoms with Crippen LogP contribution in [0.4, 0.5) is 0 Å². The number of nitrogens with zero attached hydrogens (tertiary/aromatic N) is 2. The zero-order chi connectivity index (χ0) is 12.1. The molecule has 0 saturated heterocycles. The summed E-state index contributed by atoms with van der Waals surface area (Å²) in [6.45, 7) is 0.582. The van der Waals surface area contributed by atoms with E-state index in [1.54, 1.807) is 6.33 Å². The van der Waals surface area contributed by atoms with E-state index in [1.165, 1.54) is 43.4 Å². The molecule has 4 aliphatic rings. The first-order valence-electron chi connectivity index (χ1n) is 7.34. The Labute approximate surface area is 108 Å². The molecule has 0 spiro atoms. The van der Waals surface area contributed by atoms with Crippen LogP contribution in [0.2, 0.25) is 0 Å². The second-order valence-corrected chi connectivity index (χ2v) is 6.59. The molecule has 0 aromatic carbocycles. The summed E-state index contributed by atoms with van der Waals surface area (Å²) < 4.78 is 0. The number of nitrogens with two attached hydrogens (primary N) is 1. The van der Waals surface area contributed by atoms with Gasteiger partial charge in [0, 0.05) is 24.2 Å². The van der Waals surface area contributed by atoms with Gasteiger partial charge in [-0.2, -0.15) is 0 Å². The molecule has 4 saturated carbocycles. The lowest BCUT2D eigenvalue weighted by molar-refractivity contribution is -0.00449. The molecule has 2 N–H and O–H groups in total. The summed E-state index contributed by atoms with van der Waals surface area (Å²) >= 11 is 0. The predicted molar refractivity (Wildman–Crippen MR) is 69.7 cm³/mol. The second kappa shape index (κ2) is 4.02. The van der Waals surface area contributed by atoms with Gasteiger partial charge in [0.25, 0.3) is 0 Å². The van der Waals surface area contributed by atoms with Crippen molar-refractivity contribution in [1.82, 2.24) is 9.97 Å². The van der Waals surface area contributed by atoms with Crippen LogP contribution < -0.4 is 5.73 Å². The molecule has 0 amide bonds. The Bertz CT molecular complexity index is 429. The smallest absolute Gasteiger partial charge is 0.115 e. The zero-order valence-electron chi connectivity index (χ0n) is 10.8. The first-order valence-corrected chi connectivity index (χ1v) is 7.34. The molecule has 4 fully saturated rings. The molecule has 0 aliphatic heterocycles. The quantitative estimate of drug-likeness (QED) is 0.868. The van der Waals surface area contributed by atoms with Gasteiger partial charge in [-0.3, -0.25) is 0 Å². The first kappa shape index (κ1) is 10.9. The number of aromatic nitrogens is 2. The van der Waals surface area contributed by atoms with Gasteiger partial charge in [-0.05, 0) is 55.8 Å². The third-order valence-corrected chi connectivity index (χ3v) is 5.59. The molecular weight excluding hydrogens is 222 g/mol.